The number of nitrogens with zero attached hydrogens (tertiary/aromatic N) is 4. The summed E-state index contributed by atoms with van der Waals surface area (Å²) in [4.78, 5) is 8.58. The number of rotatable bonds is 7. The molecule has 2 aromatic rings. The van der Waals surface area contributed by atoms with Crippen molar-refractivity contribution in [2.45, 2.75) is 40.5 Å². The predicted molar refractivity (Wildman–Crippen MR) is 97.1 cm³/mol. The molecule has 0 fully saturated rings. The summed E-state index contributed by atoms with van der Waals surface area (Å²) in [7, 11) is 0. The topological polar surface area (TPSA) is 91.8 Å². The SMILES string of the molecule is Cc1cc(C)c(C#N)c(OCCCCOc2nc(C)cc(C)c2C#N)n1. The van der Waals surface area contributed by atoms with Gasteiger partial charge in [-0.3, -0.25) is 0 Å². The summed E-state index contributed by atoms with van der Waals surface area (Å²) in [6.45, 7) is 8.38. The van der Waals surface area contributed by atoms with Crippen LogP contribution in [0.1, 0.15) is 46.5 Å². The molecule has 134 valence electrons. The highest BCUT2D eigenvalue weighted by molar-refractivity contribution is 5.45. The molecule has 2 rings (SSSR count). The van der Waals surface area contributed by atoms with E-state index in [0.717, 1.165) is 35.4 Å². The van der Waals surface area contributed by atoms with E-state index in [0.29, 0.717) is 36.1 Å². The van der Waals surface area contributed by atoms with Gasteiger partial charge < -0.3 is 9.47 Å². The first-order chi connectivity index (χ1) is 12.5. The van der Waals surface area contributed by atoms with Crippen LogP contribution in [0.25, 0.3) is 0 Å². The minimum absolute atomic E-state index is 0.383. The predicted octanol–water partition coefficient (Wildman–Crippen LogP) is 3.69. The van der Waals surface area contributed by atoms with Crippen molar-refractivity contribution in [3.63, 3.8) is 0 Å². The standard InChI is InChI=1S/C20H22N4O2/c1-13-9-15(3)23-19(17(13)11-21)25-7-5-6-8-26-20-18(12-22)14(2)10-16(4)24-20/h9-10H,5-8H2,1-4H3. The highest BCUT2D eigenvalue weighted by atomic mass is 16.5. The van der Waals surface area contributed by atoms with Crippen LogP contribution in [0.2, 0.25) is 0 Å². The summed E-state index contributed by atoms with van der Waals surface area (Å²) in [5.41, 5.74) is 4.33. The maximum absolute atomic E-state index is 9.23. The number of ether oxygens (including phenoxy) is 2. The van der Waals surface area contributed by atoms with Crippen LogP contribution in [-0.4, -0.2) is 23.2 Å². The van der Waals surface area contributed by atoms with Gasteiger partial charge in [0.25, 0.3) is 0 Å². The van der Waals surface area contributed by atoms with Crippen LogP contribution in [-0.2, 0) is 0 Å². The molecule has 0 saturated carbocycles. The lowest BCUT2D eigenvalue weighted by Gasteiger charge is -2.11. The summed E-state index contributed by atoms with van der Waals surface area (Å²) < 4.78 is 11.3. The average Bonchev–Trinajstić information content (AvgIpc) is 2.57. The molecule has 0 atom stereocenters. The van der Waals surface area contributed by atoms with Crippen molar-refractivity contribution in [2.24, 2.45) is 0 Å². The fourth-order valence-corrected chi connectivity index (χ4v) is 2.63. The molecule has 6 nitrogen and oxygen atoms in total. The van der Waals surface area contributed by atoms with Gasteiger partial charge in [-0.15, -0.1) is 0 Å². The minimum atomic E-state index is 0.383. The Morgan fingerprint density at radius 1 is 0.769 bits per heavy atom. The lowest BCUT2D eigenvalue weighted by atomic mass is 10.1. The third kappa shape index (κ3) is 4.70. The quantitative estimate of drug-likeness (QED) is 0.707. The molecule has 26 heavy (non-hydrogen) atoms. The minimum Gasteiger partial charge on any atom is -0.477 e. The van der Waals surface area contributed by atoms with Gasteiger partial charge in [-0.1, -0.05) is 0 Å². The Morgan fingerprint density at radius 2 is 1.15 bits per heavy atom. The molecular formula is C20H22N4O2. The molecule has 0 aliphatic heterocycles. The molecule has 6 heteroatoms. The lowest BCUT2D eigenvalue weighted by molar-refractivity contribution is 0.255. The van der Waals surface area contributed by atoms with Gasteiger partial charge in [0.05, 0.1) is 13.2 Å². The van der Waals surface area contributed by atoms with Gasteiger partial charge in [-0.25, -0.2) is 9.97 Å². The number of aryl methyl sites for hydroxylation is 4. The first kappa shape index (κ1) is 19.2. The van der Waals surface area contributed by atoms with Crippen LogP contribution in [0, 0.1) is 50.4 Å². The molecule has 0 unspecified atom stereocenters. The van der Waals surface area contributed by atoms with Gasteiger partial charge in [-0.05, 0) is 63.8 Å². The number of hydrogen-bond acceptors (Lipinski definition) is 6. The van der Waals surface area contributed by atoms with Crippen molar-refractivity contribution in [1.29, 1.82) is 10.5 Å². The maximum atomic E-state index is 9.23. The average molecular weight is 350 g/mol. The monoisotopic (exact) mass is 350 g/mol. The second kappa shape index (κ2) is 8.82. The second-order valence-corrected chi connectivity index (χ2v) is 6.15. The van der Waals surface area contributed by atoms with E-state index in [2.05, 4.69) is 22.1 Å². The van der Waals surface area contributed by atoms with Crippen molar-refractivity contribution in [2.75, 3.05) is 13.2 Å². The summed E-state index contributed by atoms with van der Waals surface area (Å²) in [6, 6.07) is 8.00. The van der Waals surface area contributed by atoms with Crippen LogP contribution in [0.15, 0.2) is 12.1 Å². The molecular weight excluding hydrogens is 328 g/mol. The Hall–Kier alpha value is -3.12. The molecule has 0 spiro atoms. The molecule has 0 aliphatic rings. The van der Waals surface area contributed by atoms with E-state index in [1.54, 1.807) is 0 Å². The van der Waals surface area contributed by atoms with E-state index < -0.39 is 0 Å². The van der Waals surface area contributed by atoms with E-state index in [9.17, 15) is 10.5 Å². The van der Waals surface area contributed by atoms with E-state index in [1.165, 1.54) is 0 Å². The first-order valence-electron chi connectivity index (χ1n) is 8.48. The fraction of sp³-hybridized carbons (Fsp3) is 0.400. The molecule has 0 aliphatic carbocycles. The summed E-state index contributed by atoms with van der Waals surface area (Å²) in [6.07, 6.45) is 1.48. The molecule has 0 aromatic carbocycles. The largest absolute Gasteiger partial charge is 0.477 e. The van der Waals surface area contributed by atoms with Crippen molar-refractivity contribution < 1.29 is 9.47 Å². The molecule has 2 aromatic heterocycles. The summed E-state index contributed by atoms with van der Waals surface area (Å²) in [5, 5.41) is 18.5. The van der Waals surface area contributed by atoms with Gasteiger partial charge in [0.15, 0.2) is 0 Å². The Labute approximate surface area is 154 Å². The molecule has 2 heterocycles. The number of hydrogen-bond donors (Lipinski definition) is 0. The zero-order valence-corrected chi connectivity index (χ0v) is 15.6. The van der Waals surface area contributed by atoms with E-state index in [1.807, 2.05) is 39.8 Å². The van der Waals surface area contributed by atoms with E-state index in [4.69, 9.17) is 9.47 Å². The van der Waals surface area contributed by atoms with Crippen LogP contribution in [0.5, 0.6) is 11.8 Å². The normalized spacial score (nSPS) is 10.1. The number of aromatic nitrogens is 2. The van der Waals surface area contributed by atoms with Gasteiger partial charge in [0.2, 0.25) is 11.8 Å². The number of nitriles is 2. The Balaban J connectivity index is 1.85. The van der Waals surface area contributed by atoms with Gasteiger partial charge in [0.1, 0.15) is 23.3 Å². The molecule has 0 N–H and O–H groups in total. The van der Waals surface area contributed by atoms with Crippen LogP contribution < -0.4 is 9.47 Å². The van der Waals surface area contributed by atoms with E-state index >= 15 is 0 Å². The molecule has 0 radical (unpaired) electrons. The van der Waals surface area contributed by atoms with Crippen molar-refractivity contribution in [3.05, 3.63) is 45.8 Å². The van der Waals surface area contributed by atoms with Gasteiger partial charge >= 0.3 is 0 Å². The third-order valence-corrected chi connectivity index (χ3v) is 3.86. The fourth-order valence-electron chi connectivity index (χ4n) is 2.63. The van der Waals surface area contributed by atoms with Crippen molar-refractivity contribution >= 4 is 0 Å². The Bertz CT molecular complexity index is 805. The zero-order valence-electron chi connectivity index (χ0n) is 15.6. The Morgan fingerprint density at radius 3 is 1.50 bits per heavy atom. The zero-order chi connectivity index (χ0) is 19.1. The number of unbranched alkanes of at least 4 members (excludes halogenated alkanes) is 1. The number of pyridine rings is 2. The third-order valence-electron chi connectivity index (χ3n) is 3.86. The second-order valence-electron chi connectivity index (χ2n) is 6.15. The Kier molecular flexibility index (Phi) is 6.52. The summed E-state index contributed by atoms with van der Waals surface area (Å²) >= 11 is 0. The molecule has 0 saturated heterocycles. The van der Waals surface area contributed by atoms with Crippen molar-refractivity contribution in [3.8, 4) is 23.9 Å². The van der Waals surface area contributed by atoms with E-state index in [-0.39, 0.29) is 0 Å². The smallest absolute Gasteiger partial charge is 0.232 e. The van der Waals surface area contributed by atoms with Crippen LogP contribution in [0.4, 0.5) is 0 Å². The van der Waals surface area contributed by atoms with Gasteiger partial charge in [-0.2, -0.15) is 10.5 Å². The highest BCUT2D eigenvalue weighted by Gasteiger charge is 2.11. The lowest BCUT2D eigenvalue weighted by Crippen LogP contribution is -2.07. The van der Waals surface area contributed by atoms with Crippen LogP contribution >= 0.6 is 0 Å². The molecule has 0 amide bonds. The van der Waals surface area contributed by atoms with Gasteiger partial charge in [0, 0.05) is 11.4 Å². The first-order valence-corrected chi connectivity index (χ1v) is 8.48. The molecule has 0 bridgehead atoms. The van der Waals surface area contributed by atoms with Crippen molar-refractivity contribution in [1.82, 2.24) is 9.97 Å². The highest BCUT2D eigenvalue weighted by Crippen LogP contribution is 2.21. The maximum Gasteiger partial charge on any atom is 0.232 e. The van der Waals surface area contributed by atoms with Crippen LogP contribution in [0.3, 0.4) is 0 Å². The summed E-state index contributed by atoms with van der Waals surface area (Å²) in [5.74, 6) is 0.766.